The fraction of sp³-hybridized carbons (Fsp3) is 0.450. The van der Waals surface area contributed by atoms with Crippen LogP contribution in [0.2, 0.25) is 0 Å². The molecule has 0 bridgehead atoms. The Morgan fingerprint density at radius 2 is 1.27 bits per heavy atom. The van der Waals surface area contributed by atoms with Crippen LogP contribution in [0.15, 0.2) is 65.8 Å². The molecule has 5 amide bonds. The highest BCUT2D eigenvalue weighted by Gasteiger charge is 2.34. The quantitative estimate of drug-likeness (QED) is 0.0226. The molecule has 2 aromatic carbocycles. The lowest BCUT2D eigenvalue weighted by Crippen LogP contribution is -2.60. The van der Waals surface area contributed by atoms with Gasteiger partial charge in [-0.25, -0.2) is 4.79 Å². The molecule has 3 aromatic rings. The number of nitrogens with zero attached hydrogens (tertiary/aromatic N) is 1. The van der Waals surface area contributed by atoms with Gasteiger partial charge in [-0.15, -0.1) is 0 Å². The minimum atomic E-state index is -1.35. The number of H-pyrrole nitrogens is 1. The number of hydrogen-bond acceptors (Lipinski definition) is 10. The highest BCUT2D eigenvalue weighted by Crippen LogP contribution is 2.20. The SMILES string of the molecule is CC(C)C[C@H](NC(=O)[C@H](CCCN=C(N)N)NC(=O)[C@@H](N)CCC(=O)O)C(=O)N[C@@H](Cc1c[nH]c2ccccc12)C(=O)N[C@@H](Cc1ccccc1)C(=O)N[C@@H](CS)C(=O)O. The van der Waals surface area contributed by atoms with Crippen molar-refractivity contribution >= 4 is 71.0 Å². The number of fused-ring (bicyclic) bond motifs is 1. The number of benzene rings is 2. The monoisotopic (exact) mass is 852 g/mol. The molecule has 0 aliphatic rings. The first kappa shape index (κ1) is 48.2. The van der Waals surface area contributed by atoms with Crippen molar-refractivity contribution < 1.29 is 43.8 Å². The Hall–Kier alpha value is -6.15. The van der Waals surface area contributed by atoms with Crippen LogP contribution in [-0.2, 0) is 46.4 Å². The molecule has 1 heterocycles. The molecular formula is C40H56N10O9S. The number of carboxylic acids is 2. The van der Waals surface area contributed by atoms with Gasteiger partial charge in [-0.3, -0.25) is 33.8 Å². The standard InChI is InChI=1S/C40H56N10O9S/c1-22(2)17-29(47-35(54)28(13-8-16-44-40(42)43)46-34(53)26(41)14-15-33(51)52)36(55)49-31(19-24-20-45-27-12-7-6-11-25(24)27)38(57)48-30(18-23-9-4-3-5-10-23)37(56)50-32(21-60)39(58)59/h3-7,9-12,20,22,26,28-32,45,60H,8,13-19,21,41H2,1-2H3,(H,46,53)(H,47,54)(H,48,57)(H,49,55)(H,50,56)(H,51,52)(H,58,59)(H4,42,43,44)/t26-,28-,29-,30-,31-,32-/m0/s1. The van der Waals surface area contributed by atoms with E-state index in [2.05, 4.69) is 49.2 Å². The van der Waals surface area contributed by atoms with Crippen molar-refractivity contribution in [3.8, 4) is 0 Å². The van der Waals surface area contributed by atoms with Crippen LogP contribution in [0.1, 0.15) is 57.1 Å². The zero-order valence-electron chi connectivity index (χ0n) is 33.6. The van der Waals surface area contributed by atoms with Crippen molar-refractivity contribution in [2.75, 3.05) is 12.3 Å². The van der Waals surface area contributed by atoms with Gasteiger partial charge < -0.3 is 59.0 Å². The third-order valence-corrected chi connectivity index (χ3v) is 9.73. The molecule has 60 heavy (non-hydrogen) atoms. The zero-order chi connectivity index (χ0) is 44.4. The van der Waals surface area contributed by atoms with Crippen LogP contribution >= 0.6 is 12.6 Å². The smallest absolute Gasteiger partial charge is 0.327 e. The van der Waals surface area contributed by atoms with Crippen LogP contribution in [0.3, 0.4) is 0 Å². The summed E-state index contributed by atoms with van der Waals surface area (Å²) in [5, 5.41) is 32.6. The minimum absolute atomic E-state index is 0.0163. The number of amides is 5. The van der Waals surface area contributed by atoms with Crippen molar-refractivity contribution in [2.24, 2.45) is 28.1 Å². The minimum Gasteiger partial charge on any atom is -0.481 e. The van der Waals surface area contributed by atoms with Gasteiger partial charge in [0.1, 0.15) is 30.2 Å². The Morgan fingerprint density at radius 1 is 0.717 bits per heavy atom. The van der Waals surface area contributed by atoms with Gasteiger partial charge in [-0.2, -0.15) is 12.6 Å². The largest absolute Gasteiger partial charge is 0.481 e. The third kappa shape index (κ3) is 15.9. The molecule has 0 fully saturated rings. The number of hydrogen-bond donors (Lipinski definition) is 12. The summed E-state index contributed by atoms with van der Waals surface area (Å²) in [6, 6.07) is 8.41. The van der Waals surface area contributed by atoms with E-state index in [0.29, 0.717) is 11.1 Å². The van der Waals surface area contributed by atoms with E-state index in [4.69, 9.17) is 22.3 Å². The predicted molar refractivity (Wildman–Crippen MR) is 228 cm³/mol. The highest BCUT2D eigenvalue weighted by atomic mass is 32.1. The van der Waals surface area contributed by atoms with E-state index in [1.165, 1.54) is 0 Å². The van der Waals surface area contributed by atoms with E-state index < -0.39 is 77.7 Å². The maximum Gasteiger partial charge on any atom is 0.327 e. The van der Waals surface area contributed by atoms with E-state index in [9.17, 15) is 38.7 Å². The number of aliphatic carboxylic acids is 2. The molecule has 6 atom stereocenters. The summed E-state index contributed by atoms with van der Waals surface area (Å²) in [4.78, 5) is 98.9. The molecule has 20 heteroatoms. The van der Waals surface area contributed by atoms with Crippen LogP contribution < -0.4 is 43.8 Å². The molecule has 14 N–H and O–H groups in total. The summed E-state index contributed by atoms with van der Waals surface area (Å²) in [6.45, 7) is 3.75. The number of nitrogens with one attached hydrogen (secondary N) is 6. The van der Waals surface area contributed by atoms with Gasteiger partial charge in [-0.1, -0.05) is 62.4 Å². The van der Waals surface area contributed by atoms with Crippen molar-refractivity contribution in [1.29, 1.82) is 0 Å². The molecule has 0 aliphatic carbocycles. The summed E-state index contributed by atoms with van der Waals surface area (Å²) in [5.41, 5.74) is 18.9. The lowest BCUT2D eigenvalue weighted by atomic mass is 9.99. The number of aromatic nitrogens is 1. The summed E-state index contributed by atoms with van der Waals surface area (Å²) in [5.74, 6) is -6.85. The second-order valence-corrected chi connectivity index (χ2v) is 15.1. The normalized spacial score (nSPS) is 14.1. The third-order valence-electron chi connectivity index (χ3n) is 9.37. The number of guanidine groups is 1. The number of nitrogens with two attached hydrogens (primary N) is 3. The number of carbonyl (C=O) groups is 7. The Kier molecular flexibility index (Phi) is 19.3. The lowest BCUT2D eigenvalue weighted by molar-refractivity contribution is -0.141. The average Bonchev–Trinajstić information content (AvgIpc) is 3.61. The van der Waals surface area contributed by atoms with Crippen LogP contribution in [0.4, 0.5) is 0 Å². The molecule has 3 rings (SSSR count). The second-order valence-electron chi connectivity index (χ2n) is 14.7. The van der Waals surface area contributed by atoms with Crippen molar-refractivity contribution in [3.05, 3.63) is 71.9 Å². The fourth-order valence-corrected chi connectivity index (χ4v) is 6.48. The first-order valence-corrected chi connectivity index (χ1v) is 20.1. The summed E-state index contributed by atoms with van der Waals surface area (Å²) < 4.78 is 0. The maximum atomic E-state index is 14.3. The number of thiol groups is 1. The van der Waals surface area contributed by atoms with Crippen molar-refractivity contribution in [2.45, 2.75) is 95.0 Å². The first-order chi connectivity index (χ1) is 28.5. The van der Waals surface area contributed by atoms with E-state index in [0.717, 1.165) is 10.9 Å². The van der Waals surface area contributed by atoms with E-state index in [1.54, 1.807) is 36.5 Å². The van der Waals surface area contributed by atoms with Gasteiger partial charge >= 0.3 is 11.9 Å². The lowest BCUT2D eigenvalue weighted by Gasteiger charge is -2.28. The maximum absolute atomic E-state index is 14.3. The molecule has 0 radical (unpaired) electrons. The fourth-order valence-electron chi connectivity index (χ4n) is 6.23. The van der Waals surface area contributed by atoms with Crippen LogP contribution in [-0.4, -0.2) is 111 Å². The van der Waals surface area contributed by atoms with Gasteiger partial charge in [0.25, 0.3) is 0 Å². The molecule has 1 aromatic heterocycles. The Labute approximate surface area is 352 Å². The predicted octanol–water partition coefficient (Wildman–Crippen LogP) is -0.317. The van der Waals surface area contributed by atoms with E-state index in [1.807, 2.05) is 38.1 Å². The van der Waals surface area contributed by atoms with Crippen LogP contribution in [0, 0.1) is 5.92 Å². The topological polar surface area (TPSA) is 326 Å². The summed E-state index contributed by atoms with van der Waals surface area (Å²) in [6.07, 6.45) is 1.39. The van der Waals surface area contributed by atoms with Gasteiger partial charge in [0.15, 0.2) is 5.96 Å². The van der Waals surface area contributed by atoms with E-state index >= 15 is 0 Å². The summed E-state index contributed by atoms with van der Waals surface area (Å²) in [7, 11) is 0. The van der Waals surface area contributed by atoms with E-state index in [-0.39, 0.29) is 69.1 Å². The van der Waals surface area contributed by atoms with Crippen molar-refractivity contribution in [1.82, 2.24) is 31.6 Å². The number of para-hydroxylation sites is 1. The molecule has 0 spiro atoms. The van der Waals surface area contributed by atoms with Crippen LogP contribution in [0.5, 0.6) is 0 Å². The van der Waals surface area contributed by atoms with Gasteiger partial charge in [0.2, 0.25) is 29.5 Å². The van der Waals surface area contributed by atoms with Gasteiger partial charge in [-0.05, 0) is 48.8 Å². The number of rotatable bonds is 25. The Bertz CT molecular complexity index is 1970. The average molecular weight is 853 g/mol. The number of aromatic amines is 1. The first-order valence-electron chi connectivity index (χ1n) is 19.5. The molecule has 0 aliphatic heterocycles. The molecule has 19 nitrogen and oxygen atoms in total. The highest BCUT2D eigenvalue weighted by molar-refractivity contribution is 7.80. The van der Waals surface area contributed by atoms with Gasteiger partial charge in [0.05, 0.1) is 6.04 Å². The molecule has 0 saturated heterocycles. The van der Waals surface area contributed by atoms with Crippen molar-refractivity contribution in [3.63, 3.8) is 0 Å². The molecule has 0 saturated carbocycles. The molecule has 326 valence electrons. The number of carboxylic acid groups (broad SMARTS) is 2. The second kappa shape index (κ2) is 24.1. The van der Waals surface area contributed by atoms with Gasteiger partial charge in [0, 0.05) is 48.7 Å². The number of aliphatic imine (C=N–C) groups is 1. The molecule has 0 unspecified atom stereocenters. The Balaban J connectivity index is 1.95. The molecular weight excluding hydrogens is 797 g/mol. The summed E-state index contributed by atoms with van der Waals surface area (Å²) >= 11 is 4.04. The zero-order valence-corrected chi connectivity index (χ0v) is 34.5. The Morgan fingerprint density at radius 3 is 1.87 bits per heavy atom. The number of carbonyl (C=O) groups excluding carboxylic acids is 5. The van der Waals surface area contributed by atoms with Crippen LogP contribution in [0.25, 0.3) is 10.9 Å².